The Labute approximate surface area is 150 Å². The van der Waals surface area contributed by atoms with Crippen LogP contribution in [-0.2, 0) is 16.0 Å². The smallest absolute Gasteiger partial charge is 0.249 e. The van der Waals surface area contributed by atoms with E-state index >= 15 is 0 Å². The maximum Gasteiger partial charge on any atom is 0.249 e. The van der Waals surface area contributed by atoms with Crippen LogP contribution in [0.5, 0.6) is 11.5 Å². The van der Waals surface area contributed by atoms with E-state index < -0.39 is 5.78 Å². The van der Waals surface area contributed by atoms with Gasteiger partial charge in [-0.2, -0.15) is 0 Å². The molecule has 1 aliphatic carbocycles. The quantitative estimate of drug-likeness (QED) is 0.734. The van der Waals surface area contributed by atoms with Crippen LogP contribution in [0.1, 0.15) is 5.56 Å². The molecule has 2 aromatic carbocycles. The third kappa shape index (κ3) is 3.59. The van der Waals surface area contributed by atoms with Crippen molar-refractivity contribution in [3.63, 3.8) is 0 Å². The van der Waals surface area contributed by atoms with E-state index in [-0.39, 0.29) is 28.7 Å². The summed E-state index contributed by atoms with van der Waals surface area (Å²) in [4.78, 5) is 16.8. The SMILES string of the molecule is COC1=C(O)C(Cc2ccc(O)cc2)=CC(=Nc2ccc(O)cc2)C1=O. The largest absolute Gasteiger partial charge is 0.508 e. The van der Waals surface area contributed by atoms with Gasteiger partial charge in [-0.1, -0.05) is 12.1 Å². The number of ether oxygens (including phenoxy) is 1. The van der Waals surface area contributed by atoms with Gasteiger partial charge in [0.1, 0.15) is 17.2 Å². The van der Waals surface area contributed by atoms with Crippen LogP contribution in [0.15, 0.2) is 76.7 Å². The van der Waals surface area contributed by atoms with Gasteiger partial charge in [-0.3, -0.25) is 4.79 Å². The fourth-order valence-electron chi connectivity index (χ4n) is 2.58. The van der Waals surface area contributed by atoms with E-state index in [0.717, 1.165) is 5.56 Å². The van der Waals surface area contributed by atoms with Gasteiger partial charge in [0, 0.05) is 12.0 Å². The lowest BCUT2D eigenvalue weighted by Crippen LogP contribution is -2.23. The van der Waals surface area contributed by atoms with Crippen molar-refractivity contribution >= 4 is 17.2 Å². The van der Waals surface area contributed by atoms with Crippen LogP contribution >= 0.6 is 0 Å². The summed E-state index contributed by atoms with van der Waals surface area (Å²) >= 11 is 0. The minimum Gasteiger partial charge on any atom is -0.508 e. The van der Waals surface area contributed by atoms with Crippen LogP contribution in [0.4, 0.5) is 5.69 Å². The van der Waals surface area contributed by atoms with Crippen LogP contribution in [-0.4, -0.2) is 33.9 Å². The van der Waals surface area contributed by atoms with E-state index in [1.165, 1.54) is 25.3 Å². The van der Waals surface area contributed by atoms with Gasteiger partial charge in [0.15, 0.2) is 5.76 Å². The first-order valence-electron chi connectivity index (χ1n) is 7.86. The topological polar surface area (TPSA) is 99.3 Å². The zero-order valence-corrected chi connectivity index (χ0v) is 14.0. The van der Waals surface area contributed by atoms with Gasteiger partial charge in [0.05, 0.1) is 12.8 Å². The van der Waals surface area contributed by atoms with Gasteiger partial charge in [0.2, 0.25) is 11.5 Å². The monoisotopic (exact) mass is 351 g/mol. The van der Waals surface area contributed by atoms with Gasteiger partial charge >= 0.3 is 0 Å². The second-order valence-corrected chi connectivity index (χ2v) is 5.74. The molecular formula is C20H17NO5. The molecule has 2 aromatic rings. The van der Waals surface area contributed by atoms with Gasteiger partial charge in [-0.05, 0) is 48.0 Å². The van der Waals surface area contributed by atoms with Crippen LogP contribution < -0.4 is 0 Å². The summed E-state index contributed by atoms with van der Waals surface area (Å²) in [5, 5.41) is 29.1. The van der Waals surface area contributed by atoms with Crippen molar-refractivity contribution < 1.29 is 24.9 Å². The van der Waals surface area contributed by atoms with Crippen molar-refractivity contribution in [1.82, 2.24) is 0 Å². The number of hydrogen-bond acceptors (Lipinski definition) is 6. The molecule has 132 valence electrons. The highest BCUT2D eigenvalue weighted by molar-refractivity contribution is 6.50. The van der Waals surface area contributed by atoms with Crippen molar-refractivity contribution in [3.05, 3.63) is 77.3 Å². The number of allylic oxidation sites excluding steroid dienone is 3. The summed E-state index contributed by atoms with van der Waals surface area (Å²) in [5.74, 6) is -0.669. The van der Waals surface area contributed by atoms with Gasteiger partial charge in [-0.15, -0.1) is 0 Å². The van der Waals surface area contributed by atoms with Gasteiger partial charge in [-0.25, -0.2) is 4.99 Å². The number of aliphatic imine (C=N–C) groups is 1. The predicted octanol–water partition coefficient (Wildman–Crippen LogP) is 3.34. The first-order chi connectivity index (χ1) is 12.5. The molecule has 6 heteroatoms. The minimum atomic E-state index is -0.521. The first kappa shape index (κ1) is 17.3. The number of aromatic hydroxyl groups is 2. The fraction of sp³-hybridized carbons (Fsp3) is 0.100. The summed E-state index contributed by atoms with van der Waals surface area (Å²) in [6.45, 7) is 0. The molecule has 0 unspecified atom stereocenters. The number of nitrogens with zero attached hydrogens (tertiary/aromatic N) is 1. The Hall–Kier alpha value is -3.54. The summed E-state index contributed by atoms with van der Waals surface area (Å²) < 4.78 is 5.07. The number of ketones is 1. The molecule has 0 bridgehead atoms. The lowest BCUT2D eigenvalue weighted by atomic mass is 9.95. The number of hydrogen-bond donors (Lipinski definition) is 3. The van der Waals surface area contributed by atoms with E-state index in [0.29, 0.717) is 17.7 Å². The Morgan fingerprint density at radius 2 is 1.50 bits per heavy atom. The molecular weight excluding hydrogens is 334 g/mol. The molecule has 0 heterocycles. The Kier molecular flexibility index (Phi) is 4.75. The number of benzene rings is 2. The normalized spacial score (nSPS) is 16.0. The van der Waals surface area contributed by atoms with Crippen LogP contribution in [0.2, 0.25) is 0 Å². The lowest BCUT2D eigenvalue weighted by Gasteiger charge is -2.17. The van der Waals surface area contributed by atoms with Crippen molar-refractivity contribution in [2.45, 2.75) is 6.42 Å². The zero-order valence-electron chi connectivity index (χ0n) is 14.0. The Bertz CT molecular complexity index is 922. The zero-order chi connectivity index (χ0) is 18.7. The standard InChI is InChI=1S/C20H17NO5/c1-26-20-18(24)13(10-12-2-6-15(22)7-3-12)11-17(19(20)25)21-14-4-8-16(23)9-5-14/h2-9,11,22-24H,10H2,1H3. The second-order valence-electron chi connectivity index (χ2n) is 5.74. The van der Waals surface area contributed by atoms with Crippen LogP contribution in [0.3, 0.4) is 0 Å². The molecule has 0 aromatic heterocycles. The van der Waals surface area contributed by atoms with E-state index in [1.54, 1.807) is 36.4 Å². The summed E-state index contributed by atoms with van der Waals surface area (Å²) in [7, 11) is 1.31. The number of carbonyl (C=O) groups excluding carboxylic acids is 1. The average Bonchev–Trinajstić information content (AvgIpc) is 2.63. The van der Waals surface area contributed by atoms with Gasteiger partial charge < -0.3 is 20.1 Å². The van der Waals surface area contributed by atoms with E-state index in [9.17, 15) is 20.1 Å². The molecule has 0 radical (unpaired) electrons. The maximum atomic E-state index is 12.5. The number of aliphatic hydroxyl groups excluding tert-OH is 1. The van der Waals surface area contributed by atoms with Gasteiger partial charge in [0.25, 0.3) is 0 Å². The molecule has 1 aliphatic rings. The van der Waals surface area contributed by atoms with Crippen LogP contribution in [0, 0.1) is 0 Å². The fourth-order valence-corrected chi connectivity index (χ4v) is 2.58. The third-order valence-electron chi connectivity index (χ3n) is 3.90. The van der Waals surface area contributed by atoms with Crippen molar-refractivity contribution in [2.75, 3.05) is 7.11 Å². The molecule has 0 atom stereocenters. The highest BCUT2D eigenvalue weighted by Gasteiger charge is 2.28. The minimum absolute atomic E-state index is 0.0996. The molecule has 0 aliphatic heterocycles. The van der Waals surface area contributed by atoms with E-state index in [4.69, 9.17) is 4.74 Å². The molecule has 6 nitrogen and oxygen atoms in total. The molecule has 0 spiro atoms. The molecule has 3 N–H and O–H groups in total. The number of methoxy groups -OCH3 is 1. The average molecular weight is 351 g/mol. The van der Waals surface area contributed by atoms with Crippen molar-refractivity contribution in [3.8, 4) is 11.5 Å². The first-order valence-corrected chi connectivity index (χ1v) is 7.86. The number of aliphatic hydroxyl groups is 1. The summed E-state index contributed by atoms with van der Waals surface area (Å²) in [5.41, 5.74) is 1.93. The third-order valence-corrected chi connectivity index (χ3v) is 3.90. The lowest BCUT2D eigenvalue weighted by molar-refractivity contribution is -0.112. The summed E-state index contributed by atoms with van der Waals surface area (Å²) in [6, 6.07) is 12.6. The predicted molar refractivity (Wildman–Crippen MR) is 96.8 cm³/mol. The Morgan fingerprint density at radius 3 is 2.08 bits per heavy atom. The summed E-state index contributed by atoms with van der Waals surface area (Å²) in [6.07, 6.45) is 1.85. The van der Waals surface area contributed by atoms with Crippen molar-refractivity contribution in [1.29, 1.82) is 0 Å². The number of rotatable bonds is 4. The van der Waals surface area contributed by atoms with E-state index in [1.807, 2.05) is 0 Å². The highest BCUT2D eigenvalue weighted by Crippen LogP contribution is 2.26. The number of carbonyl (C=O) groups is 1. The van der Waals surface area contributed by atoms with Crippen LogP contribution in [0.25, 0.3) is 0 Å². The highest BCUT2D eigenvalue weighted by atomic mass is 16.5. The molecule has 26 heavy (non-hydrogen) atoms. The van der Waals surface area contributed by atoms with Crippen molar-refractivity contribution in [2.24, 2.45) is 4.99 Å². The number of phenolic OH excluding ortho intramolecular Hbond substituents is 2. The molecule has 3 rings (SSSR count). The molecule has 0 saturated heterocycles. The number of phenols is 2. The Morgan fingerprint density at radius 1 is 0.923 bits per heavy atom. The molecule has 0 saturated carbocycles. The van der Waals surface area contributed by atoms with E-state index in [2.05, 4.69) is 4.99 Å². The maximum absolute atomic E-state index is 12.5. The molecule has 0 fully saturated rings. The molecule has 0 amide bonds. The number of Topliss-reactive ketones (excluding diaryl/α,β-unsaturated/α-hetero) is 1. The second kappa shape index (κ2) is 7.14. The Balaban J connectivity index is 1.99.